The molecule has 1 atom stereocenters. The van der Waals surface area contributed by atoms with Crippen LogP contribution < -0.4 is 0 Å². The standard InChI is InChI=1S/C75H142O6/c1-4-7-10-13-16-19-22-25-28-31-33-34-35-36-37-38-39-40-41-42-43-45-47-50-53-56-59-62-65-68-74(77)80-71-72(70-79-73(76)67-64-61-58-55-52-49-46-30-27-24-21-18-15-12-9-6-3)81-75(78)69-66-63-60-57-54-51-48-44-32-29-26-23-20-17-14-11-8-5-2/h29-30,32,46,72H,4-28,31,33-45,47-71H2,1-3H3/b32-29-,46-30-. The van der Waals surface area contributed by atoms with Gasteiger partial charge >= 0.3 is 17.9 Å². The van der Waals surface area contributed by atoms with Crippen molar-refractivity contribution in [2.45, 2.75) is 425 Å². The van der Waals surface area contributed by atoms with Gasteiger partial charge in [-0.15, -0.1) is 0 Å². The van der Waals surface area contributed by atoms with Gasteiger partial charge in [0, 0.05) is 19.3 Å². The number of rotatable bonds is 69. The zero-order chi connectivity index (χ0) is 58.5. The second-order valence-corrected chi connectivity index (χ2v) is 25.2. The summed E-state index contributed by atoms with van der Waals surface area (Å²) in [6, 6.07) is 0. The van der Waals surface area contributed by atoms with E-state index in [0.717, 1.165) is 64.2 Å². The van der Waals surface area contributed by atoms with Crippen LogP contribution in [-0.4, -0.2) is 37.2 Å². The fourth-order valence-corrected chi connectivity index (χ4v) is 11.4. The van der Waals surface area contributed by atoms with Crippen LogP contribution in [-0.2, 0) is 28.6 Å². The highest BCUT2D eigenvalue weighted by Gasteiger charge is 2.19. The zero-order valence-electron chi connectivity index (χ0n) is 55.1. The minimum Gasteiger partial charge on any atom is -0.462 e. The van der Waals surface area contributed by atoms with Gasteiger partial charge in [-0.25, -0.2) is 0 Å². The second kappa shape index (κ2) is 70.4. The van der Waals surface area contributed by atoms with E-state index < -0.39 is 6.10 Å². The average molecular weight is 1140 g/mol. The molecule has 0 aromatic carbocycles. The highest BCUT2D eigenvalue weighted by atomic mass is 16.6. The van der Waals surface area contributed by atoms with Crippen LogP contribution in [0.15, 0.2) is 24.3 Å². The molecule has 0 saturated heterocycles. The van der Waals surface area contributed by atoms with Crippen molar-refractivity contribution in [3.63, 3.8) is 0 Å². The lowest BCUT2D eigenvalue weighted by Gasteiger charge is -2.18. The quantitative estimate of drug-likeness (QED) is 0.0261. The second-order valence-electron chi connectivity index (χ2n) is 25.2. The third-order valence-electron chi connectivity index (χ3n) is 16.9. The molecular weight excluding hydrogens is 997 g/mol. The molecule has 0 rings (SSSR count). The maximum atomic E-state index is 12.9. The van der Waals surface area contributed by atoms with Gasteiger partial charge in [0.05, 0.1) is 0 Å². The summed E-state index contributed by atoms with van der Waals surface area (Å²) in [5.74, 6) is -0.851. The number of allylic oxidation sites excluding steroid dienone is 4. The lowest BCUT2D eigenvalue weighted by Crippen LogP contribution is -2.30. The Balaban J connectivity index is 4.20. The minimum atomic E-state index is -0.776. The summed E-state index contributed by atoms with van der Waals surface area (Å²) in [7, 11) is 0. The Kier molecular flexibility index (Phi) is 68.5. The van der Waals surface area contributed by atoms with E-state index in [1.807, 2.05) is 0 Å². The molecule has 0 heterocycles. The minimum absolute atomic E-state index is 0.0702. The van der Waals surface area contributed by atoms with Crippen LogP contribution in [0.4, 0.5) is 0 Å². The number of unbranched alkanes of at least 4 members (excludes halogenated alkanes) is 54. The molecule has 0 radical (unpaired) electrons. The van der Waals surface area contributed by atoms with Crippen molar-refractivity contribution in [1.29, 1.82) is 0 Å². The van der Waals surface area contributed by atoms with Gasteiger partial charge in [0.1, 0.15) is 13.2 Å². The van der Waals surface area contributed by atoms with Gasteiger partial charge in [0.15, 0.2) is 6.10 Å². The Labute approximate surface area is 506 Å². The predicted octanol–water partition coefficient (Wildman–Crippen LogP) is 25.3. The van der Waals surface area contributed by atoms with Gasteiger partial charge in [0.2, 0.25) is 0 Å². The van der Waals surface area contributed by atoms with E-state index in [2.05, 4.69) is 45.1 Å². The van der Waals surface area contributed by atoms with Gasteiger partial charge in [-0.1, -0.05) is 353 Å². The number of esters is 3. The summed E-state index contributed by atoms with van der Waals surface area (Å²) in [6.07, 6.45) is 86.5. The van der Waals surface area contributed by atoms with E-state index in [4.69, 9.17) is 14.2 Å². The molecule has 0 aromatic heterocycles. The van der Waals surface area contributed by atoms with Crippen molar-refractivity contribution in [3.8, 4) is 0 Å². The summed E-state index contributed by atoms with van der Waals surface area (Å²) in [4.78, 5) is 38.5. The summed E-state index contributed by atoms with van der Waals surface area (Å²) in [6.45, 7) is 6.71. The van der Waals surface area contributed by atoms with E-state index in [9.17, 15) is 14.4 Å². The lowest BCUT2D eigenvalue weighted by atomic mass is 10.0. The van der Waals surface area contributed by atoms with Gasteiger partial charge in [-0.3, -0.25) is 14.4 Å². The molecule has 6 heteroatoms. The first-order valence-corrected chi connectivity index (χ1v) is 36.8. The van der Waals surface area contributed by atoms with Crippen molar-refractivity contribution in [3.05, 3.63) is 24.3 Å². The fourth-order valence-electron chi connectivity index (χ4n) is 11.4. The van der Waals surface area contributed by atoms with Crippen molar-refractivity contribution in [1.82, 2.24) is 0 Å². The molecular formula is C75H142O6. The third kappa shape index (κ3) is 68.6. The first kappa shape index (κ1) is 78.9. The molecule has 0 amide bonds. The van der Waals surface area contributed by atoms with Crippen LogP contribution in [0.1, 0.15) is 419 Å². The predicted molar refractivity (Wildman–Crippen MR) is 353 cm³/mol. The lowest BCUT2D eigenvalue weighted by molar-refractivity contribution is -0.167. The fraction of sp³-hybridized carbons (Fsp3) is 0.907. The van der Waals surface area contributed by atoms with Gasteiger partial charge < -0.3 is 14.2 Å². The van der Waals surface area contributed by atoms with Gasteiger partial charge in [-0.05, 0) is 70.6 Å². The molecule has 0 spiro atoms. The number of ether oxygens (including phenoxy) is 3. The highest BCUT2D eigenvalue weighted by molar-refractivity contribution is 5.71. The summed E-state index contributed by atoms with van der Waals surface area (Å²) in [5, 5.41) is 0. The zero-order valence-corrected chi connectivity index (χ0v) is 55.1. The number of hydrogen-bond acceptors (Lipinski definition) is 6. The first-order chi connectivity index (χ1) is 40.0. The molecule has 0 aliphatic rings. The molecule has 478 valence electrons. The monoisotopic (exact) mass is 1140 g/mol. The van der Waals surface area contributed by atoms with Crippen LogP contribution in [0.3, 0.4) is 0 Å². The smallest absolute Gasteiger partial charge is 0.306 e. The van der Waals surface area contributed by atoms with Gasteiger partial charge in [0.25, 0.3) is 0 Å². The van der Waals surface area contributed by atoms with Crippen LogP contribution in [0.5, 0.6) is 0 Å². The van der Waals surface area contributed by atoms with E-state index in [-0.39, 0.29) is 31.1 Å². The molecule has 0 aliphatic carbocycles. The summed E-state index contributed by atoms with van der Waals surface area (Å²) >= 11 is 0. The van der Waals surface area contributed by atoms with E-state index in [0.29, 0.717) is 19.3 Å². The summed E-state index contributed by atoms with van der Waals surface area (Å²) < 4.78 is 17.0. The topological polar surface area (TPSA) is 78.9 Å². The van der Waals surface area contributed by atoms with E-state index in [1.165, 1.54) is 315 Å². The Morgan fingerprint density at radius 2 is 0.407 bits per heavy atom. The molecule has 6 nitrogen and oxygen atoms in total. The van der Waals surface area contributed by atoms with E-state index in [1.54, 1.807) is 0 Å². The third-order valence-corrected chi connectivity index (χ3v) is 16.9. The number of carbonyl (C=O) groups is 3. The highest BCUT2D eigenvalue weighted by Crippen LogP contribution is 2.19. The normalized spacial score (nSPS) is 12.1. The number of carbonyl (C=O) groups excluding carboxylic acids is 3. The molecule has 0 N–H and O–H groups in total. The van der Waals surface area contributed by atoms with E-state index >= 15 is 0 Å². The molecule has 0 fully saturated rings. The Morgan fingerprint density at radius 3 is 0.617 bits per heavy atom. The van der Waals surface area contributed by atoms with Crippen LogP contribution in [0.2, 0.25) is 0 Å². The SMILES string of the molecule is CCCCCCCCC/C=C\CCCCCCCCCC(=O)OC(COC(=O)CCCCCCC/C=C\CCCCCCCCC)COC(=O)CCCCCCCCCCCCCCCCCCCCCCCCCCCCCCC. The molecule has 0 aromatic rings. The Morgan fingerprint density at radius 1 is 0.235 bits per heavy atom. The van der Waals surface area contributed by atoms with Crippen molar-refractivity contribution < 1.29 is 28.6 Å². The molecule has 81 heavy (non-hydrogen) atoms. The first-order valence-electron chi connectivity index (χ1n) is 36.8. The summed E-state index contributed by atoms with van der Waals surface area (Å²) in [5.41, 5.74) is 0. The maximum Gasteiger partial charge on any atom is 0.306 e. The van der Waals surface area contributed by atoms with Crippen molar-refractivity contribution in [2.24, 2.45) is 0 Å². The largest absolute Gasteiger partial charge is 0.462 e. The molecule has 0 aliphatic heterocycles. The Hall–Kier alpha value is -2.11. The molecule has 1 unspecified atom stereocenters. The van der Waals surface area contributed by atoms with Crippen LogP contribution in [0, 0.1) is 0 Å². The maximum absolute atomic E-state index is 12.9. The van der Waals surface area contributed by atoms with Crippen molar-refractivity contribution >= 4 is 17.9 Å². The number of hydrogen-bond donors (Lipinski definition) is 0. The Bertz CT molecular complexity index is 1310. The molecule has 0 bridgehead atoms. The average Bonchev–Trinajstić information content (AvgIpc) is 3.47. The van der Waals surface area contributed by atoms with Crippen LogP contribution >= 0.6 is 0 Å². The van der Waals surface area contributed by atoms with Crippen molar-refractivity contribution in [2.75, 3.05) is 13.2 Å². The van der Waals surface area contributed by atoms with Crippen LogP contribution in [0.25, 0.3) is 0 Å². The molecule has 0 saturated carbocycles. The van der Waals surface area contributed by atoms with Gasteiger partial charge in [-0.2, -0.15) is 0 Å².